The summed E-state index contributed by atoms with van der Waals surface area (Å²) in [4.78, 5) is 0. The summed E-state index contributed by atoms with van der Waals surface area (Å²) >= 11 is 0. The lowest BCUT2D eigenvalue weighted by molar-refractivity contribution is 0.0223. The Labute approximate surface area is 144 Å². The molecule has 0 heterocycles. The maximum Gasteiger partial charge on any atom is 0.128 e. The van der Waals surface area contributed by atoms with Crippen LogP contribution < -0.4 is 5.32 Å². The maximum atomic E-state index is 13.5. The van der Waals surface area contributed by atoms with Gasteiger partial charge in [0.25, 0.3) is 0 Å². The Kier molecular flexibility index (Phi) is 5.01. The lowest BCUT2D eigenvalue weighted by atomic mass is 9.69. The molecular weight excluding hydrogens is 305 g/mol. The van der Waals surface area contributed by atoms with Crippen LogP contribution in [0.4, 0.5) is 4.39 Å². The molecule has 4 heteroatoms. The number of aliphatic hydroxyl groups is 1. The van der Waals surface area contributed by atoms with Crippen LogP contribution in [0.2, 0.25) is 0 Å². The zero-order valence-corrected chi connectivity index (χ0v) is 15.0. The summed E-state index contributed by atoms with van der Waals surface area (Å²) in [5.41, 5.74) is 1.21. The first kappa shape index (κ1) is 17.8. The molecule has 2 aliphatic carbocycles. The van der Waals surface area contributed by atoms with E-state index >= 15 is 0 Å². The van der Waals surface area contributed by atoms with Gasteiger partial charge in [-0.25, -0.2) is 4.39 Å². The molecule has 4 atom stereocenters. The van der Waals surface area contributed by atoms with Crippen LogP contribution in [0.25, 0.3) is 0 Å². The summed E-state index contributed by atoms with van der Waals surface area (Å²) < 4.78 is 19.0. The van der Waals surface area contributed by atoms with E-state index in [0.29, 0.717) is 29.0 Å². The third-order valence-electron chi connectivity index (χ3n) is 6.92. The Hall–Kier alpha value is -0.970. The monoisotopic (exact) mass is 335 g/mol. The van der Waals surface area contributed by atoms with Crippen molar-refractivity contribution in [3.63, 3.8) is 0 Å². The van der Waals surface area contributed by atoms with Crippen LogP contribution in [-0.4, -0.2) is 30.4 Å². The smallest absolute Gasteiger partial charge is 0.128 e. The van der Waals surface area contributed by atoms with Crippen molar-refractivity contribution in [3.8, 4) is 0 Å². The molecule has 0 unspecified atom stereocenters. The third kappa shape index (κ3) is 3.12. The minimum atomic E-state index is -0.567. The molecule has 24 heavy (non-hydrogen) atoms. The number of halogens is 1. The number of hydrogen-bond acceptors (Lipinski definition) is 3. The van der Waals surface area contributed by atoms with Crippen molar-refractivity contribution >= 4 is 0 Å². The van der Waals surface area contributed by atoms with Gasteiger partial charge in [0.1, 0.15) is 5.82 Å². The van der Waals surface area contributed by atoms with Gasteiger partial charge in [0.05, 0.1) is 19.3 Å². The Bertz CT molecular complexity index is 577. The number of nitrogens with one attached hydrogen (secondary N) is 1. The molecule has 0 aromatic heterocycles. The zero-order valence-electron chi connectivity index (χ0n) is 15.0. The summed E-state index contributed by atoms with van der Waals surface area (Å²) in [6, 6.07) is 7.05. The van der Waals surface area contributed by atoms with E-state index in [1.807, 2.05) is 0 Å². The molecule has 0 radical (unpaired) electrons. The second-order valence-electron chi connectivity index (χ2n) is 8.33. The topological polar surface area (TPSA) is 41.5 Å². The van der Waals surface area contributed by atoms with E-state index in [1.54, 1.807) is 18.2 Å². The van der Waals surface area contributed by atoms with E-state index in [2.05, 4.69) is 26.1 Å². The number of rotatable bonds is 7. The van der Waals surface area contributed by atoms with Gasteiger partial charge in [-0.05, 0) is 42.1 Å². The highest BCUT2D eigenvalue weighted by molar-refractivity contribution is 5.16. The molecule has 2 saturated carbocycles. The average molecular weight is 335 g/mol. The first-order valence-corrected chi connectivity index (χ1v) is 9.07. The quantitative estimate of drug-likeness (QED) is 0.801. The molecule has 3 nitrogen and oxygen atoms in total. The lowest BCUT2D eigenvalue weighted by Crippen LogP contribution is -2.47. The van der Waals surface area contributed by atoms with Gasteiger partial charge in [-0.3, -0.25) is 0 Å². The molecule has 134 valence electrons. The third-order valence-corrected chi connectivity index (χ3v) is 6.92. The van der Waals surface area contributed by atoms with Gasteiger partial charge in [0.15, 0.2) is 0 Å². The van der Waals surface area contributed by atoms with Crippen molar-refractivity contribution < 1.29 is 14.2 Å². The summed E-state index contributed by atoms with van der Waals surface area (Å²) in [7, 11) is 0. The summed E-state index contributed by atoms with van der Waals surface area (Å²) in [6.45, 7) is 8.11. The van der Waals surface area contributed by atoms with Gasteiger partial charge < -0.3 is 15.2 Å². The Morgan fingerprint density at radius 2 is 2.08 bits per heavy atom. The van der Waals surface area contributed by atoms with E-state index in [4.69, 9.17) is 4.74 Å². The van der Waals surface area contributed by atoms with Crippen LogP contribution in [0.15, 0.2) is 24.3 Å². The number of ether oxygens (including phenoxy) is 1. The van der Waals surface area contributed by atoms with Crippen molar-refractivity contribution in [1.29, 1.82) is 0 Å². The number of aliphatic hydroxyl groups excluding tert-OH is 1. The predicted octanol–water partition coefficient (Wildman–Crippen LogP) is 3.51. The number of fused-ring (bicyclic) bond motifs is 2. The molecule has 3 rings (SSSR count). The fourth-order valence-corrected chi connectivity index (χ4v) is 4.77. The molecule has 0 amide bonds. The van der Waals surface area contributed by atoms with Crippen LogP contribution >= 0.6 is 0 Å². The highest BCUT2D eigenvalue weighted by Crippen LogP contribution is 2.65. The molecule has 2 bridgehead atoms. The van der Waals surface area contributed by atoms with E-state index in [-0.39, 0.29) is 19.0 Å². The molecular formula is C20H30FNO2. The molecule has 2 aliphatic rings. The van der Waals surface area contributed by atoms with Gasteiger partial charge in [-0.2, -0.15) is 0 Å². The maximum absolute atomic E-state index is 13.5. The van der Waals surface area contributed by atoms with Crippen molar-refractivity contribution in [2.24, 2.45) is 16.7 Å². The molecule has 2 fully saturated rings. The van der Waals surface area contributed by atoms with Crippen LogP contribution in [0, 0.1) is 22.6 Å². The van der Waals surface area contributed by atoms with E-state index < -0.39 is 6.10 Å². The first-order valence-electron chi connectivity index (χ1n) is 9.07. The van der Waals surface area contributed by atoms with Crippen molar-refractivity contribution in [2.75, 3.05) is 13.2 Å². The van der Waals surface area contributed by atoms with Gasteiger partial charge in [-0.1, -0.05) is 39.0 Å². The highest BCUT2D eigenvalue weighted by Gasteiger charge is 2.60. The number of hydrogen-bond donors (Lipinski definition) is 2. The molecule has 1 aromatic rings. The number of benzene rings is 1. The minimum absolute atomic E-state index is 0.194. The fraction of sp³-hybridized carbons (Fsp3) is 0.700. The molecule has 0 spiro atoms. The SMILES string of the molecule is CC1(C)[C@H]2CC[C@]1(C)[C@H](NC[C@H](O)COCc1ccccc1F)C2. The average Bonchev–Trinajstić information content (AvgIpc) is 2.88. The summed E-state index contributed by atoms with van der Waals surface area (Å²) in [5.74, 6) is 0.525. The Morgan fingerprint density at radius 3 is 2.71 bits per heavy atom. The highest BCUT2D eigenvalue weighted by atomic mass is 19.1. The second kappa shape index (κ2) is 6.74. The molecule has 2 N–H and O–H groups in total. The van der Waals surface area contributed by atoms with E-state index in [1.165, 1.54) is 25.3 Å². The standard InChI is InChI=1S/C20H30FNO2/c1-19(2)15-8-9-20(19,3)18(10-15)22-11-16(23)13-24-12-14-6-4-5-7-17(14)21/h4-7,15-16,18,22-23H,8-13H2,1-3H3/t15-,16-,18+,20+/m0/s1. The summed E-state index contributed by atoms with van der Waals surface area (Å²) in [6.07, 6.45) is 3.23. The van der Waals surface area contributed by atoms with E-state index in [9.17, 15) is 9.50 Å². The Morgan fingerprint density at radius 1 is 1.33 bits per heavy atom. The van der Waals surface area contributed by atoms with Crippen molar-refractivity contribution in [1.82, 2.24) is 5.32 Å². The minimum Gasteiger partial charge on any atom is -0.389 e. The second-order valence-corrected chi connectivity index (χ2v) is 8.33. The normalized spacial score (nSPS) is 32.2. The van der Waals surface area contributed by atoms with Crippen LogP contribution in [0.5, 0.6) is 0 Å². The van der Waals surface area contributed by atoms with Crippen LogP contribution in [0.1, 0.15) is 45.6 Å². The fourth-order valence-electron chi connectivity index (χ4n) is 4.77. The first-order chi connectivity index (χ1) is 11.3. The Balaban J connectivity index is 1.42. The van der Waals surface area contributed by atoms with Gasteiger partial charge in [-0.15, -0.1) is 0 Å². The molecule has 0 saturated heterocycles. The van der Waals surface area contributed by atoms with Gasteiger partial charge >= 0.3 is 0 Å². The van der Waals surface area contributed by atoms with Crippen molar-refractivity contribution in [2.45, 2.75) is 58.8 Å². The van der Waals surface area contributed by atoms with Gasteiger partial charge in [0.2, 0.25) is 0 Å². The molecule has 1 aromatic carbocycles. The predicted molar refractivity (Wildman–Crippen MR) is 93.1 cm³/mol. The zero-order chi connectivity index (χ0) is 17.4. The van der Waals surface area contributed by atoms with E-state index in [0.717, 1.165) is 5.92 Å². The van der Waals surface area contributed by atoms with Crippen LogP contribution in [-0.2, 0) is 11.3 Å². The van der Waals surface area contributed by atoms with Crippen molar-refractivity contribution in [3.05, 3.63) is 35.6 Å². The van der Waals surface area contributed by atoms with Gasteiger partial charge in [0, 0.05) is 18.2 Å². The van der Waals surface area contributed by atoms with Crippen LogP contribution in [0.3, 0.4) is 0 Å². The largest absolute Gasteiger partial charge is 0.389 e. The molecule has 0 aliphatic heterocycles. The summed E-state index contributed by atoms with van der Waals surface area (Å²) in [5, 5.41) is 13.7. The lowest BCUT2D eigenvalue weighted by Gasteiger charge is -2.40.